The molecule has 0 amide bonds. The molecule has 1 aliphatic heterocycles. The SMILES string of the molecule is CC1CCN(C(N)=NN)C(C)C1. The Balaban J connectivity index is 2.56. The molecule has 0 spiro atoms. The Hall–Kier alpha value is -0.930. The van der Waals surface area contributed by atoms with Crippen LogP contribution < -0.4 is 11.6 Å². The molecule has 4 N–H and O–H groups in total. The molecular weight excluding hydrogens is 152 g/mol. The Labute approximate surface area is 73.6 Å². The van der Waals surface area contributed by atoms with E-state index >= 15 is 0 Å². The molecule has 1 fully saturated rings. The molecule has 1 heterocycles. The smallest absolute Gasteiger partial charge is 0.213 e. The molecule has 0 aromatic carbocycles. The lowest BCUT2D eigenvalue weighted by molar-refractivity contribution is 0.207. The Morgan fingerprint density at radius 2 is 2.17 bits per heavy atom. The first kappa shape index (κ1) is 9.16. The maximum atomic E-state index is 5.63. The van der Waals surface area contributed by atoms with E-state index < -0.39 is 0 Å². The lowest BCUT2D eigenvalue weighted by Gasteiger charge is -2.36. The van der Waals surface area contributed by atoms with Crippen LogP contribution in [0.2, 0.25) is 0 Å². The van der Waals surface area contributed by atoms with Crippen molar-refractivity contribution < 1.29 is 0 Å². The molecule has 4 nitrogen and oxygen atoms in total. The molecule has 0 saturated carbocycles. The van der Waals surface area contributed by atoms with Gasteiger partial charge in [-0.3, -0.25) is 0 Å². The van der Waals surface area contributed by atoms with Crippen molar-refractivity contribution >= 4 is 5.96 Å². The molecule has 2 unspecified atom stereocenters. The fourth-order valence-corrected chi connectivity index (χ4v) is 1.82. The Morgan fingerprint density at radius 1 is 1.50 bits per heavy atom. The summed E-state index contributed by atoms with van der Waals surface area (Å²) >= 11 is 0. The maximum absolute atomic E-state index is 5.63. The van der Waals surface area contributed by atoms with Gasteiger partial charge in [0.2, 0.25) is 5.96 Å². The van der Waals surface area contributed by atoms with Gasteiger partial charge in [-0.25, -0.2) is 0 Å². The minimum atomic E-state index is 0.467. The van der Waals surface area contributed by atoms with Gasteiger partial charge in [-0.2, -0.15) is 0 Å². The van der Waals surface area contributed by atoms with Gasteiger partial charge in [0, 0.05) is 12.6 Å². The highest BCUT2D eigenvalue weighted by Crippen LogP contribution is 2.21. The molecule has 0 radical (unpaired) electrons. The Morgan fingerprint density at radius 3 is 2.67 bits per heavy atom. The molecular formula is C8H18N4. The summed E-state index contributed by atoms with van der Waals surface area (Å²) in [4.78, 5) is 2.07. The third kappa shape index (κ3) is 1.81. The van der Waals surface area contributed by atoms with Gasteiger partial charge in [0.1, 0.15) is 0 Å². The average Bonchev–Trinajstić information content (AvgIpc) is 2.03. The number of piperidine rings is 1. The van der Waals surface area contributed by atoms with E-state index in [1.807, 2.05) is 0 Å². The van der Waals surface area contributed by atoms with E-state index in [4.69, 9.17) is 11.6 Å². The van der Waals surface area contributed by atoms with Gasteiger partial charge in [-0.1, -0.05) is 6.92 Å². The molecule has 1 aliphatic rings. The predicted molar refractivity (Wildman–Crippen MR) is 50.4 cm³/mol. The van der Waals surface area contributed by atoms with E-state index in [2.05, 4.69) is 23.8 Å². The molecule has 1 rings (SSSR count). The number of nitrogens with two attached hydrogens (primary N) is 2. The fourth-order valence-electron chi connectivity index (χ4n) is 1.82. The van der Waals surface area contributed by atoms with Crippen LogP contribution in [0.1, 0.15) is 26.7 Å². The van der Waals surface area contributed by atoms with Crippen molar-refractivity contribution in [3.63, 3.8) is 0 Å². The van der Waals surface area contributed by atoms with Crippen LogP contribution in [0.3, 0.4) is 0 Å². The monoisotopic (exact) mass is 170 g/mol. The van der Waals surface area contributed by atoms with Crippen LogP contribution in [0.15, 0.2) is 5.10 Å². The topological polar surface area (TPSA) is 67.6 Å². The molecule has 0 aromatic rings. The molecule has 4 heteroatoms. The van der Waals surface area contributed by atoms with Crippen LogP contribution in [0.4, 0.5) is 0 Å². The number of hydrazone groups is 1. The molecule has 0 bridgehead atoms. The van der Waals surface area contributed by atoms with Crippen molar-refractivity contribution in [1.82, 2.24) is 4.90 Å². The zero-order valence-electron chi connectivity index (χ0n) is 7.83. The first-order valence-electron chi connectivity index (χ1n) is 4.45. The predicted octanol–water partition coefficient (Wildman–Crippen LogP) is 0.295. The van der Waals surface area contributed by atoms with Crippen LogP contribution in [-0.2, 0) is 0 Å². The third-order valence-corrected chi connectivity index (χ3v) is 2.56. The lowest BCUT2D eigenvalue weighted by Crippen LogP contribution is -2.48. The van der Waals surface area contributed by atoms with E-state index in [0.29, 0.717) is 12.0 Å². The van der Waals surface area contributed by atoms with Crippen LogP contribution in [-0.4, -0.2) is 23.4 Å². The van der Waals surface area contributed by atoms with E-state index in [9.17, 15) is 0 Å². The fraction of sp³-hybridized carbons (Fsp3) is 0.875. The van der Waals surface area contributed by atoms with Gasteiger partial charge < -0.3 is 16.5 Å². The van der Waals surface area contributed by atoms with Crippen LogP contribution in [0, 0.1) is 5.92 Å². The summed E-state index contributed by atoms with van der Waals surface area (Å²) in [6.07, 6.45) is 2.36. The standard InChI is InChI=1S/C8H18N4/c1-6-3-4-12(7(2)5-6)8(9)11-10/h6-7H,3-5,10H2,1-2H3,(H2,9,11). The lowest BCUT2D eigenvalue weighted by atomic mass is 9.94. The Bertz CT molecular complexity index is 178. The van der Waals surface area contributed by atoms with E-state index in [0.717, 1.165) is 12.5 Å². The van der Waals surface area contributed by atoms with Crippen LogP contribution in [0.25, 0.3) is 0 Å². The number of hydrogen-bond donors (Lipinski definition) is 2. The number of guanidine groups is 1. The maximum Gasteiger partial charge on any atom is 0.213 e. The second-order valence-electron chi connectivity index (χ2n) is 3.66. The zero-order chi connectivity index (χ0) is 9.14. The van der Waals surface area contributed by atoms with Crippen molar-refractivity contribution in [2.24, 2.45) is 22.6 Å². The van der Waals surface area contributed by atoms with Crippen molar-refractivity contribution in [2.45, 2.75) is 32.7 Å². The summed E-state index contributed by atoms with van der Waals surface area (Å²) in [5.41, 5.74) is 5.63. The van der Waals surface area contributed by atoms with Gasteiger partial charge in [-0.05, 0) is 25.7 Å². The van der Waals surface area contributed by atoms with Gasteiger partial charge in [-0.15, -0.1) is 5.10 Å². The number of likely N-dealkylation sites (tertiary alicyclic amines) is 1. The minimum Gasteiger partial charge on any atom is -0.368 e. The summed E-state index contributed by atoms with van der Waals surface area (Å²) in [6, 6.07) is 0.473. The van der Waals surface area contributed by atoms with Crippen molar-refractivity contribution in [2.75, 3.05) is 6.54 Å². The quantitative estimate of drug-likeness (QED) is 0.238. The molecule has 2 atom stereocenters. The van der Waals surface area contributed by atoms with E-state index in [1.54, 1.807) is 0 Å². The normalized spacial score (nSPS) is 32.2. The molecule has 12 heavy (non-hydrogen) atoms. The average molecular weight is 170 g/mol. The first-order valence-corrected chi connectivity index (χ1v) is 4.45. The number of hydrogen-bond acceptors (Lipinski definition) is 2. The Kier molecular flexibility index (Phi) is 2.78. The summed E-state index contributed by atoms with van der Waals surface area (Å²) in [7, 11) is 0. The van der Waals surface area contributed by atoms with E-state index in [-0.39, 0.29) is 0 Å². The van der Waals surface area contributed by atoms with Crippen molar-refractivity contribution in [1.29, 1.82) is 0 Å². The second-order valence-corrected chi connectivity index (χ2v) is 3.66. The van der Waals surface area contributed by atoms with Crippen molar-refractivity contribution in [3.8, 4) is 0 Å². The second kappa shape index (κ2) is 3.65. The number of rotatable bonds is 0. The van der Waals surface area contributed by atoms with Gasteiger partial charge in [0.05, 0.1) is 0 Å². The molecule has 70 valence electrons. The summed E-state index contributed by atoms with van der Waals surface area (Å²) in [6.45, 7) is 5.41. The highest BCUT2D eigenvalue weighted by molar-refractivity contribution is 5.78. The highest BCUT2D eigenvalue weighted by atomic mass is 15.3. The molecule has 1 saturated heterocycles. The summed E-state index contributed by atoms with van der Waals surface area (Å²) in [5.74, 6) is 6.38. The zero-order valence-corrected chi connectivity index (χ0v) is 7.83. The van der Waals surface area contributed by atoms with Gasteiger partial charge in [0.15, 0.2) is 0 Å². The van der Waals surface area contributed by atoms with Gasteiger partial charge in [0.25, 0.3) is 0 Å². The third-order valence-electron chi connectivity index (χ3n) is 2.56. The van der Waals surface area contributed by atoms with Crippen LogP contribution in [0.5, 0.6) is 0 Å². The van der Waals surface area contributed by atoms with Crippen molar-refractivity contribution in [3.05, 3.63) is 0 Å². The highest BCUT2D eigenvalue weighted by Gasteiger charge is 2.23. The van der Waals surface area contributed by atoms with E-state index in [1.165, 1.54) is 12.8 Å². The minimum absolute atomic E-state index is 0.467. The number of nitrogens with zero attached hydrogens (tertiary/aromatic N) is 2. The summed E-state index contributed by atoms with van der Waals surface area (Å²) < 4.78 is 0. The molecule has 0 aromatic heterocycles. The molecule has 0 aliphatic carbocycles. The first-order chi connectivity index (χ1) is 5.65. The van der Waals surface area contributed by atoms with Crippen LogP contribution >= 0.6 is 0 Å². The summed E-state index contributed by atoms with van der Waals surface area (Å²) in [5, 5.41) is 3.51. The largest absolute Gasteiger partial charge is 0.368 e. The van der Waals surface area contributed by atoms with Gasteiger partial charge >= 0.3 is 0 Å².